The number of nitrogens with zero attached hydrogens (tertiary/aromatic N) is 1. The lowest BCUT2D eigenvalue weighted by molar-refractivity contribution is -0.159. The van der Waals surface area contributed by atoms with Gasteiger partial charge >= 0.3 is 0 Å². The van der Waals surface area contributed by atoms with Gasteiger partial charge in [0.15, 0.2) is 0 Å². The topological polar surface area (TPSA) is 58.6 Å². The monoisotopic (exact) mass is 348 g/mol. The molecule has 0 spiro atoms. The lowest BCUT2D eigenvalue weighted by atomic mass is 9.78. The van der Waals surface area contributed by atoms with Crippen molar-refractivity contribution in [3.05, 3.63) is 0 Å². The van der Waals surface area contributed by atoms with Gasteiger partial charge in [-0.15, -0.1) is 0 Å². The van der Waals surface area contributed by atoms with Crippen molar-refractivity contribution in [2.75, 3.05) is 20.2 Å². The minimum absolute atomic E-state index is 0.160. The second-order valence-electron chi connectivity index (χ2n) is 8.78. The van der Waals surface area contributed by atoms with Crippen molar-refractivity contribution in [1.29, 1.82) is 0 Å². The Morgan fingerprint density at radius 1 is 0.920 bits per heavy atom. The second-order valence-corrected chi connectivity index (χ2v) is 8.78. The summed E-state index contributed by atoms with van der Waals surface area (Å²) in [5, 5.41) is 3.36. The third kappa shape index (κ3) is 2.98. The van der Waals surface area contributed by atoms with E-state index in [-0.39, 0.29) is 28.9 Å². The highest BCUT2D eigenvalue weighted by molar-refractivity contribution is 5.83. The van der Waals surface area contributed by atoms with Crippen LogP contribution in [0.4, 0.5) is 0 Å². The summed E-state index contributed by atoms with van der Waals surface area (Å²) in [5.74, 6) is 0.852. The number of hydrogen-bond acceptors (Lipinski definition) is 3. The van der Waals surface area contributed by atoms with Gasteiger partial charge in [0.2, 0.25) is 11.8 Å². The van der Waals surface area contributed by atoms with E-state index >= 15 is 0 Å². The molecule has 1 heterocycles. The lowest BCUT2D eigenvalue weighted by Crippen LogP contribution is -2.78. The molecule has 4 rings (SSSR count). The largest absolute Gasteiger partial charge is 0.376 e. The van der Waals surface area contributed by atoms with E-state index in [1.807, 2.05) is 4.90 Å². The standard InChI is InChI=1S/C20H32N2O3/c1-25-20(11-12-20)19(21-17(23)15-7-5-6-8-15)13-22(14-19)18(24)16-9-3-2-4-10-16/h15-16H,2-14H2,1H3,(H,21,23). The molecule has 25 heavy (non-hydrogen) atoms. The first-order valence-electron chi connectivity index (χ1n) is 10.3. The summed E-state index contributed by atoms with van der Waals surface area (Å²) < 4.78 is 5.84. The molecule has 0 atom stereocenters. The van der Waals surface area contributed by atoms with Crippen molar-refractivity contribution in [3.63, 3.8) is 0 Å². The smallest absolute Gasteiger partial charge is 0.225 e. The van der Waals surface area contributed by atoms with E-state index in [9.17, 15) is 9.59 Å². The molecule has 1 N–H and O–H groups in total. The lowest BCUT2D eigenvalue weighted by Gasteiger charge is -2.55. The molecular formula is C20H32N2O3. The number of ether oxygens (including phenoxy) is 1. The SMILES string of the molecule is COC1(C2(NC(=O)C3CCCC3)CN(C(=O)C3CCCCC3)C2)CC1. The number of amides is 2. The average molecular weight is 348 g/mol. The molecule has 2 amide bonds. The van der Waals surface area contributed by atoms with Gasteiger partial charge in [0.25, 0.3) is 0 Å². The molecule has 0 aromatic rings. The molecule has 0 unspecified atom stereocenters. The number of rotatable bonds is 5. The maximum atomic E-state index is 12.8. The first kappa shape index (κ1) is 17.3. The Balaban J connectivity index is 1.42. The number of methoxy groups -OCH3 is 1. The molecule has 5 nitrogen and oxygen atoms in total. The Labute approximate surface area is 150 Å². The zero-order valence-corrected chi connectivity index (χ0v) is 15.5. The van der Waals surface area contributed by atoms with E-state index in [0.717, 1.165) is 51.4 Å². The maximum Gasteiger partial charge on any atom is 0.225 e. The summed E-state index contributed by atoms with van der Waals surface area (Å²) in [6.07, 6.45) is 12.0. The van der Waals surface area contributed by atoms with Crippen LogP contribution in [0.5, 0.6) is 0 Å². The van der Waals surface area contributed by atoms with Crippen molar-refractivity contribution in [3.8, 4) is 0 Å². The summed E-state index contributed by atoms with van der Waals surface area (Å²) in [5.41, 5.74) is -0.601. The molecule has 140 valence electrons. The van der Waals surface area contributed by atoms with Gasteiger partial charge in [-0.2, -0.15) is 0 Å². The van der Waals surface area contributed by atoms with Crippen molar-refractivity contribution in [2.45, 2.75) is 81.8 Å². The van der Waals surface area contributed by atoms with Crippen molar-refractivity contribution < 1.29 is 14.3 Å². The normalized spacial score (nSPS) is 28.4. The number of nitrogens with one attached hydrogen (secondary N) is 1. The van der Waals surface area contributed by atoms with Gasteiger partial charge in [0.1, 0.15) is 5.54 Å². The minimum Gasteiger partial charge on any atom is -0.376 e. The van der Waals surface area contributed by atoms with Gasteiger partial charge in [0.05, 0.1) is 5.60 Å². The molecule has 0 radical (unpaired) electrons. The van der Waals surface area contributed by atoms with Gasteiger partial charge < -0.3 is 15.0 Å². The average Bonchev–Trinajstić information content (AvgIpc) is 3.22. The highest BCUT2D eigenvalue weighted by Gasteiger charge is 2.67. The number of carbonyl (C=O) groups excluding carboxylic acids is 2. The van der Waals surface area contributed by atoms with E-state index in [4.69, 9.17) is 4.74 Å². The molecule has 1 aliphatic heterocycles. The van der Waals surface area contributed by atoms with Crippen LogP contribution in [0.2, 0.25) is 0 Å². The quantitative estimate of drug-likeness (QED) is 0.831. The zero-order valence-electron chi connectivity index (χ0n) is 15.5. The molecule has 1 saturated heterocycles. The highest BCUT2D eigenvalue weighted by Crippen LogP contribution is 2.52. The van der Waals surface area contributed by atoms with E-state index in [1.165, 1.54) is 19.3 Å². The molecule has 3 saturated carbocycles. The molecule has 3 aliphatic carbocycles. The van der Waals surface area contributed by atoms with E-state index in [0.29, 0.717) is 19.0 Å². The Hall–Kier alpha value is -1.10. The van der Waals surface area contributed by atoms with Gasteiger partial charge in [-0.25, -0.2) is 0 Å². The van der Waals surface area contributed by atoms with Crippen LogP contribution >= 0.6 is 0 Å². The fourth-order valence-corrected chi connectivity index (χ4v) is 5.37. The van der Waals surface area contributed by atoms with Crippen molar-refractivity contribution in [2.24, 2.45) is 11.8 Å². The summed E-state index contributed by atoms with van der Waals surface area (Å²) in [4.78, 5) is 27.5. The van der Waals surface area contributed by atoms with Crippen LogP contribution in [-0.2, 0) is 14.3 Å². The molecule has 5 heteroatoms. The first-order valence-corrected chi connectivity index (χ1v) is 10.3. The molecule has 4 fully saturated rings. The van der Waals surface area contributed by atoms with Crippen LogP contribution in [-0.4, -0.2) is 48.1 Å². The molecule has 0 aromatic carbocycles. The maximum absolute atomic E-state index is 12.8. The molecule has 0 bridgehead atoms. The summed E-state index contributed by atoms with van der Waals surface area (Å²) in [7, 11) is 1.75. The highest BCUT2D eigenvalue weighted by atomic mass is 16.5. The van der Waals surface area contributed by atoms with Gasteiger partial charge in [0, 0.05) is 32.0 Å². The fraction of sp³-hybridized carbons (Fsp3) is 0.900. The number of likely N-dealkylation sites (tertiary alicyclic amines) is 1. The van der Waals surface area contributed by atoms with E-state index in [1.54, 1.807) is 7.11 Å². The number of carbonyl (C=O) groups is 2. The Kier molecular flexibility index (Phi) is 4.55. The van der Waals surface area contributed by atoms with E-state index in [2.05, 4.69) is 5.32 Å². The Morgan fingerprint density at radius 3 is 2.04 bits per heavy atom. The summed E-state index contributed by atoms with van der Waals surface area (Å²) >= 11 is 0. The predicted octanol–water partition coefficient (Wildman–Crippen LogP) is 2.63. The van der Waals surface area contributed by atoms with Gasteiger partial charge in [-0.05, 0) is 38.5 Å². The van der Waals surface area contributed by atoms with Crippen LogP contribution in [0.1, 0.15) is 70.6 Å². The van der Waals surface area contributed by atoms with Crippen LogP contribution in [0, 0.1) is 11.8 Å². The van der Waals surface area contributed by atoms with Crippen LogP contribution < -0.4 is 5.32 Å². The van der Waals surface area contributed by atoms with Gasteiger partial charge in [-0.1, -0.05) is 32.1 Å². The molecular weight excluding hydrogens is 316 g/mol. The van der Waals surface area contributed by atoms with Crippen LogP contribution in [0.3, 0.4) is 0 Å². The Bertz CT molecular complexity index is 525. The van der Waals surface area contributed by atoms with E-state index < -0.39 is 0 Å². The van der Waals surface area contributed by atoms with Crippen molar-refractivity contribution in [1.82, 2.24) is 10.2 Å². The molecule has 0 aromatic heterocycles. The zero-order chi connectivity index (χ0) is 17.5. The van der Waals surface area contributed by atoms with Crippen molar-refractivity contribution >= 4 is 11.8 Å². The fourth-order valence-electron chi connectivity index (χ4n) is 5.37. The molecule has 4 aliphatic rings. The van der Waals surface area contributed by atoms with Crippen LogP contribution in [0.15, 0.2) is 0 Å². The van der Waals surface area contributed by atoms with Gasteiger partial charge in [-0.3, -0.25) is 9.59 Å². The third-order valence-electron chi connectivity index (χ3n) is 7.24. The summed E-state index contributed by atoms with van der Waals surface area (Å²) in [6.45, 7) is 1.27. The second kappa shape index (κ2) is 6.57. The summed E-state index contributed by atoms with van der Waals surface area (Å²) in [6, 6.07) is 0. The van der Waals surface area contributed by atoms with Crippen LogP contribution in [0.25, 0.3) is 0 Å². The predicted molar refractivity (Wildman–Crippen MR) is 95.0 cm³/mol. The third-order valence-corrected chi connectivity index (χ3v) is 7.24. The Morgan fingerprint density at radius 2 is 1.48 bits per heavy atom. The first-order chi connectivity index (χ1) is 12.1. The minimum atomic E-state index is -0.355. The number of hydrogen-bond donors (Lipinski definition) is 1.